The molecule has 0 aliphatic carbocycles. The third-order valence-electron chi connectivity index (χ3n) is 3.20. The Morgan fingerprint density at radius 3 is 2.44 bits per heavy atom. The van der Waals surface area contributed by atoms with E-state index in [0.29, 0.717) is 0 Å². The van der Waals surface area contributed by atoms with Crippen LogP contribution >= 0.6 is 0 Å². The van der Waals surface area contributed by atoms with Crippen LogP contribution in [0.4, 0.5) is 0 Å². The molecule has 1 amide bonds. The molecular formula is C9H11NO7S. The van der Waals surface area contributed by atoms with Crippen molar-refractivity contribution in [1.29, 1.82) is 0 Å². The summed E-state index contributed by atoms with van der Waals surface area (Å²) in [5.41, 5.74) is -0.718. The highest BCUT2D eigenvalue weighted by Gasteiger charge is 2.58. The number of carboxylic acid groups (broad SMARTS) is 1. The summed E-state index contributed by atoms with van der Waals surface area (Å²) in [6.45, 7) is 1.37. The van der Waals surface area contributed by atoms with Gasteiger partial charge in [-0.05, 0) is 6.92 Å². The van der Waals surface area contributed by atoms with Gasteiger partial charge in [-0.15, -0.1) is 0 Å². The summed E-state index contributed by atoms with van der Waals surface area (Å²) in [5, 5.41) is 18.3. The van der Waals surface area contributed by atoms with Crippen molar-refractivity contribution in [3.63, 3.8) is 0 Å². The van der Waals surface area contributed by atoms with Gasteiger partial charge in [0.2, 0.25) is 5.91 Å². The minimum Gasteiger partial charge on any atom is -0.477 e. The third-order valence-corrected chi connectivity index (χ3v) is 4.18. The van der Waals surface area contributed by atoms with Crippen LogP contribution in [-0.4, -0.2) is 52.1 Å². The molecule has 2 aliphatic heterocycles. The average Bonchev–Trinajstić information content (AvgIpc) is 2.51. The van der Waals surface area contributed by atoms with Crippen LogP contribution in [0.1, 0.15) is 13.3 Å². The van der Waals surface area contributed by atoms with Crippen LogP contribution in [0.25, 0.3) is 0 Å². The zero-order valence-corrected chi connectivity index (χ0v) is 10.1. The van der Waals surface area contributed by atoms with E-state index in [2.05, 4.69) is 0 Å². The largest absolute Gasteiger partial charge is 0.477 e. The number of aliphatic carboxylic acids is 1. The van der Waals surface area contributed by atoms with Crippen molar-refractivity contribution in [2.75, 3.05) is 0 Å². The number of amides is 1. The fourth-order valence-electron chi connectivity index (χ4n) is 2.46. The van der Waals surface area contributed by atoms with Gasteiger partial charge in [0.05, 0.1) is 18.1 Å². The molecule has 18 heavy (non-hydrogen) atoms. The number of aliphatic hydroxyl groups excluding tert-OH is 1. The number of hydrogen-bond acceptors (Lipinski definition) is 5. The van der Waals surface area contributed by atoms with Gasteiger partial charge in [0.1, 0.15) is 10.6 Å². The molecule has 2 rings (SSSR count). The Kier molecular flexibility index (Phi) is 2.72. The van der Waals surface area contributed by atoms with Crippen LogP contribution in [0.5, 0.6) is 0 Å². The normalized spacial score (nSPS) is 29.1. The third kappa shape index (κ3) is 1.62. The first kappa shape index (κ1) is 13.0. The molecule has 8 nitrogen and oxygen atoms in total. The number of β-lactam (4-membered cyclic amide) rings is 1. The summed E-state index contributed by atoms with van der Waals surface area (Å²) >= 11 is 0. The Morgan fingerprint density at radius 2 is 2.06 bits per heavy atom. The standard InChI is InChI=1S/C9H11NO7S/c1-3(11)6-4-2-5(18(15,16)17)7(9(13)14)10(4)8(6)12/h3-4,6,11H,2H2,1H3,(H,13,14)(H,15,16,17)/t3?,4-,6+/m1/s1. The highest BCUT2D eigenvalue weighted by atomic mass is 32.2. The molecule has 0 radical (unpaired) electrons. The van der Waals surface area contributed by atoms with Gasteiger partial charge in [-0.3, -0.25) is 9.35 Å². The maximum absolute atomic E-state index is 11.7. The summed E-state index contributed by atoms with van der Waals surface area (Å²) in [4.78, 5) is 22.8. The number of aliphatic hydroxyl groups is 1. The number of carbonyl (C=O) groups excluding carboxylic acids is 1. The van der Waals surface area contributed by atoms with E-state index in [0.717, 1.165) is 4.90 Å². The molecule has 1 saturated heterocycles. The van der Waals surface area contributed by atoms with E-state index in [1.54, 1.807) is 0 Å². The van der Waals surface area contributed by atoms with Crippen LogP contribution in [0, 0.1) is 5.92 Å². The average molecular weight is 277 g/mol. The quantitative estimate of drug-likeness (QED) is 0.435. The molecule has 0 bridgehead atoms. The van der Waals surface area contributed by atoms with Gasteiger partial charge in [-0.2, -0.15) is 8.42 Å². The molecular weight excluding hydrogens is 266 g/mol. The Morgan fingerprint density at radius 1 is 1.50 bits per heavy atom. The summed E-state index contributed by atoms with van der Waals surface area (Å²) in [5.74, 6) is -3.08. The number of nitrogens with zero attached hydrogens (tertiary/aromatic N) is 1. The van der Waals surface area contributed by atoms with E-state index < -0.39 is 50.7 Å². The van der Waals surface area contributed by atoms with Gasteiger partial charge < -0.3 is 15.1 Å². The van der Waals surface area contributed by atoms with E-state index in [1.807, 2.05) is 0 Å². The topological polar surface area (TPSA) is 132 Å². The van der Waals surface area contributed by atoms with Crippen LogP contribution in [-0.2, 0) is 19.7 Å². The number of hydrogen-bond donors (Lipinski definition) is 3. The van der Waals surface area contributed by atoms with E-state index >= 15 is 0 Å². The summed E-state index contributed by atoms with van der Waals surface area (Å²) in [7, 11) is -4.67. The Hall–Kier alpha value is -1.45. The lowest BCUT2D eigenvalue weighted by atomic mass is 9.83. The predicted octanol–water partition coefficient (Wildman–Crippen LogP) is -1.22. The van der Waals surface area contributed by atoms with Crippen LogP contribution in [0.15, 0.2) is 10.6 Å². The maximum atomic E-state index is 11.7. The van der Waals surface area contributed by atoms with E-state index in [1.165, 1.54) is 6.92 Å². The predicted molar refractivity (Wildman–Crippen MR) is 56.6 cm³/mol. The second kappa shape index (κ2) is 3.77. The first-order valence-corrected chi connectivity index (χ1v) is 6.55. The molecule has 0 aromatic rings. The molecule has 1 fully saturated rings. The molecule has 3 atom stereocenters. The zero-order valence-electron chi connectivity index (χ0n) is 9.27. The molecule has 9 heteroatoms. The Balaban J connectivity index is 2.46. The van der Waals surface area contributed by atoms with Crippen LogP contribution in [0.3, 0.4) is 0 Å². The van der Waals surface area contributed by atoms with Crippen molar-refractivity contribution in [3.8, 4) is 0 Å². The molecule has 0 saturated carbocycles. The van der Waals surface area contributed by atoms with Crippen LogP contribution < -0.4 is 0 Å². The lowest BCUT2D eigenvalue weighted by molar-refractivity contribution is -0.161. The smallest absolute Gasteiger partial charge is 0.353 e. The van der Waals surface area contributed by atoms with E-state index in [-0.39, 0.29) is 6.42 Å². The monoisotopic (exact) mass is 277 g/mol. The molecule has 2 aliphatic rings. The van der Waals surface area contributed by atoms with Gasteiger partial charge in [-0.1, -0.05) is 0 Å². The summed E-state index contributed by atoms with van der Waals surface area (Å²) < 4.78 is 31.1. The van der Waals surface area contributed by atoms with Crippen molar-refractivity contribution >= 4 is 22.0 Å². The van der Waals surface area contributed by atoms with Crippen LogP contribution in [0.2, 0.25) is 0 Å². The summed E-state index contributed by atoms with van der Waals surface area (Å²) in [6.07, 6.45) is -1.29. The maximum Gasteiger partial charge on any atom is 0.353 e. The number of rotatable bonds is 3. The van der Waals surface area contributed by atoms with Gasteiger partial charge in [0, 0.05) is 6.42 Å². The SMILES string of the molecule is CC(O)[C@@H]1C(=O)N2C(C(=O)O)=C(S(=O)(=O)O)C[C@H]12. The minimum atomic E-state index is -4.67. The highest BCUT2D eigenvalue weighted by Crippen LogP contribution is 2.44. The fraction of sp³-hybridized carbons (Fsp3) is 0.556. The van der Waals surface area contributed by atoms with Crippen molar-refractivity contribution in [2.24, 2.45) is 5.92 Å². The van der Waals surface area contributed by atoms with Gasteiger partial charge in [0.15, 0.2) is 0 Å². The first-order valence-electron chi connectivity index (χ1n) is 5.11. The molecule has 3 N–H and O–H groups in total. The van der Waals surface area contributed by atoms with E-state index in [9.17, 15) is 23.1 Å². The minimum absolute atomic E-state index is 0.290. The Labute approximate surface area is 102 Å². The lowest BCUT2D eigenvalue weighted by Gasteiger charge is -2.44. The summed E-state index contributed by atoms with van der Waals surface area (Å²) in [6, 6.07) is -0.722. The van der Waals surface area contributed by atoms with E-state index in [4.69, 9.17) is 9.66 Å². The Bertz CT molecular complexity index is 561. The highest BCUT2D eigenvalue weighted by molar-refractivity contribution is 7.89. The lowest BCUT2D eigenvalue weighted by Crippen LogP contribution is -2.61. The molecule has 2 heterocycles. The first-order chi connectivity index (χ1) is 8.16. The second-order valence-corrected chi connectivity index (χ2v) is 5.74. The number of carboxylic acids is 1. The zero-order chi connectivity index (χ0) is 13.8. The number of carbonyl (C=O) groups is 2. The molecule has 0 aromatic heterocycles. The van der Waals surface area contributed by atoms with Gasteiger partial charge in [0.25, 0.3) is 10.1 Å². The van der Waals surface area contributed by atoms with Crippen molar-refractivity contribution in [3.05, 3.63) is 10.6 Å². The fourth-order valence-corrected chi connectivity index (χ4v) is 3.27. The van der Waals surface area contributed by atoms with Gasteiger partial charge >= 0.3 is 5.97 Å². The van der Waals surface area contributed by atoms with Crippen molar-refractivity contribution in [2.45, 2.75) is 25.5 Å². The second-order valence-electron chi connectivity index (χ2n) is 4.30. The van der Waals surface area contributed by atoms with Crippen molar-refractivity contribution in [1.82, 2.24) is 4.90 Å². The van der Waals surface area contributed by atoms with Crippen molar-refractivity contribution < 1.29 is 32.8 Å². The number of fused-ring (bicyclic) bond motifs is 1. The molecule has 0 spiro atoms. The molecule has 0 aromatic carbocycles. The van der Waals surface area contributed by atoms with Gasteiger partial charge in [-0.25, -0.2) is 4.79 Å². The molecule has 1 unspecified atom stereocenters. The molecule has 100 valence electrons.